The second kappa shape index (κ2) is 5.43. The van der Waals surface area contributed by atoms with E-state index >= 15 is 0 Å². The van der Waals surface area contributed by atoms with Crippen molar-refractivity contribution >= 4 is 12.2 Å². The summed E-state index contributed by atoms with van der Waals surface area (Å²) in [5.74, 6) is 0.859. The topological polar surface area (TPSA) is 69.4 Å². The van der Waals surface area contributed by atoms with E-state index in [0.29, 0.717) is 11.5 Å². The molecule has 0 spiro atoms. The Hall–Kier alpha value is -1.84. The molecular formula is C15H19NO3. The van der Waals surface area contributed by atoms with Crippen molar-refractivity contribution in [1.29, 1.82) is 0 Å². The Morgan fingerprint density at radius 1 is 1.42 bits per heavy atom. The molecule has 4 nitrogen and oxygen atoms in total. The third-order valence-corrected chi connectivity index (χ3v) is 3.44. The van der Waals surface area contributed by atoms with Crippen molar-refractivity contribution in [3.63, 3.8) is 0 Å². The van der Waals surface area contributed by atoms with Gasteiger partial charge < -0.3 is 10.5 Å². The number of nitrogens with two attached hydrogens (primary N) is 1. The van der Waals surface area contributed by atoms with Gasteiger partial charge in [-0.25, -0.2) is 0 Å². The molecule has 4 heteroatoms. The van der Waals surface area contributed by atoms with E-state index in [1.54, 1.807) is 12.1 Å². The van der Waals surface area contributed by atoms with Crippen molar-refractivity contribution in [2.24, 2.45) is 11.7 Å². The second-order valence-corrected chi connectivity index (χ2v) is 5.27. The van der Waals surface area contributed by atoms with Crippen LogP contribution in [-0.4, -0.2) is 18.3 Å². The van der Waals surface area contributed by atoms with Crippen LogP contribution in [0.25, 0.3) is 0 Å². The number of benzene rings is 1. The summed E-state index contributed by atoms with van der Waals surface area (Å²) in [5.41, 5.74) is 7.74. The number of hydrogen-bond donors (Lipinski definition) is 1. The molecule has 102 valence electrons. The normalized spacial score (nSPS) is 15.9. The Morgan fingerprint density at radius 2 is 2.00 bits per heavy atom. The van der Waals surface area contributed by atoms with E-state index in [-0.39, 0.29) is 18.4 Å². The molecule has 0 aliphatic heterocycles. The fourth-order valence-corrected chi connectivity index (χ4v) is 2.36. The standard InChI is InChI=1S/C15H19NO3/c1-9-5-11(8-17)6-10(2)15(9)19-13(7-14(16)18)12-3-4-12/h5-6,8,12-13H,3-4,7H2,1-2H3,(H2,16,18). The van der Waals surface area contributed by atoms with Gasteiger partial charge in [-0.3, -0.25) is 9.59 Å². The molecule has 0 heterocycles. The first-order chi connectivity index (χ1) is 9.01. The number of hydrogen-bond acceptors (Lipinski definition) is 3. The third-order valence-electron chi connectivity index (χ3n) is 3.44. The number of rotatable bonds is 6. The average molecular weight is 261 g/mol. The van der Waals surface area contributed by atoms with Gasteiger partial charge in [-0.1, -0.05) is 0 Å². The molecule has 19 heavy (non-hydrogen) atoms. The lowest BCUT2D eigenvalue weighted by molar-refractivity contribution is -0.119. The highest BCUT2D eigenvalue weighted by Crippen LogP contribution is 2.37. The lowest BCUT2D eigenvalue weighted by atomic mass is 10.1. The number of ether oxygens (including phenoxy) is 1. The lowest BCUT2D eigenvalue weighted by Crippen LogP contribution is -2.27. The maximum Gasteiger partial charge on any atom is 0.221 e. The maximum absolute atomic E-state index is 11.1. The molecule has 1 aliphatic carbocycles. The monoisotopic (exact) mass is 261 g/mol. The van der Waals surface area contributed by atoms with Gasteiger partial charge in [0.25, 0.3) is 0 Å². The minimum atomic E-state index is -0.336. The summed E-state index contributed by atoms with van der Waals surface area (Å²) < 4.78 is 5.99. The molecular weight excluding hydrogens is 242 g/mol. The minimum absolute atomic E-state index is 0.142. The zero-order valence-corrected chi connectivity index (χ0v) is 11.3. The van der Waals surface area contributed by atoms with E-state index in [4.69, 9.17) is 10.5 Å². The van der Waals surface area contributed by atoms with Crippen LogP contribution in [0.3, 0.4) is 0 Å². The number of carbonyl (C=O) groups is 2. The van der Waals surface area contributed by atoms with E-state index in [0.717, 1.165) is 36.0 Å². The molecule has 0 bridgehead atoms. The molecule has 1 atom stereocenters. The van der Waals surface area contributed by atoms with Gasteiger partial charge in [0.2, 0.25) is 5.91 Å². The van der Waals surface area contributed by atoms with Gasteiger partial charge in [0.05, 0.1) is 6.42 Å². The second-order valence-electron chi connectivity index (χ2n) is 5.27. The number of carbonyl (C=O) groups excluding carboxylic acids is 2. The summed E-state index contributed by atoms with van der Waals surface area (Å²) >= 11 is 0. The van der Waals surface area contributed by atoms with Gasteiger partial charge in [0, 0.05) is 5.56 Å². The van der Waals surface area contributed by atoms with Crippen LogP contribution in [0.2, 0.25) is 0 Å². The lowest BCUT2D eigenvalue weighted by Gasteiger charge is -2.20. The van der Waals surface area contributed by atoms with Crippen LogP contribution in [0.5, 0.6) is 5.75 Å². The van der Waals surface area contributed by atoms with Crippen LogP contribution in [0.4, 0.5) is 0 Å². The number of amides is 1. The van der Waals surface area contributed by atoms with E-state index in [2.05, 4.69) is 0 Å². The first-order valence-corrected chi connectivity index (χ1v) is 6.52. The predicted octanol–water partition coefficient (Wildman–Crippen LogP) is 2.15. The van der Waals surface area contributed by atoms with Crippen molar-refractivity contribution in [3.8, 4) is 5.75 Å². The van der Waals surface area contributed by atoms with Gasteiger partial charge in [0.1, 0.15) is 18.1 Å². The first kappa shape index (κ1) is 13.6. The third kappa shape index (κ3) is 3.34. The molecule has 0 saturated heterocycles. The quantitative estimate of drug-likeness (QED) is 0.798. The van der Waals surface area contributed by atoms with Gasteiger partial charge >= 0.3 is 0 Å². The van der Waals surface area contributed by atoms with Gasteiger partial charge in [-0.05, 0) is 55.9 Å². The summed E-state index contributed by atoms with van der Waals surface area (Å²) in [7, 11) is 0. The van der Waals surface area contributed by atoms with Gasteiger partial charge in [0.15, 0.2) is 0 Å². The summed E-state index contributed by atoms with van der Waals surface area (Å²) in [6.07, 6.45) is 3.10. The van der Waals surface area contributed by atoms with E-state index in [9.17, 15) is 9.59 Å². The van der Waals surface area contributed by atoms with Crippen LogP contribution in [0.1, 0.15) is 40.7 Å². The summed E-state index contributed by atoms with van der Waals surface area (Å²) in [5, 5.41) is 0. The highest BCUT2D eigenvalue weighted by atomic mass is 16.5. The Bertz CT molecular complexity index is 483. The van der Waals surface area contributed by atoms with Crippen molar-refractivity contribution in [1.82, 2.24) is 0 Å². The minimum Gasteiger partial charge on any atom is -0.489 e. The number of primary amides is 1. The molecule has 1 aromatic rings. The van der Waals surface area contributed by atoms with Crippen LogP contribution < -0.4 is 10.5 Å². The highest BCUT2D eigenvalue weighted by molar-refractivity contribution is 5.76. The molecule has 0 aromatic heterocycles. The smallest absolute Gasteiger partial charge is 0.221 e. The summed E-state index contributed by atoms with van der Waals surface area (Å²) in [6.45, 7) is 3.81. The van der Waals surface area contributed by atoms with Crippen LogP contribution in [-0.2, 0) is 4.79 Å². The number of aldehydes is 1. The maximum atomic E-state index is 11.1. The van der Waals surface area contributed by atoms with Gasteiger partial charge in [-0.15, -0.1) is 0 Å². The molecule has 1 fully saturated rings. The highest BCUT2D eigenvalue weighted by Gasteiger charge is 2.34. The van der Waals surface area contributed by atoms with Crippen molar-refractivity contribution in [2.45, 2.75) is 39.2 Å². The molecule has 2 rings (SSSR count). The van der Waals surface area contributed by atoms with E-state index < -0.39 is 0 Å². The molecule has 1 saturated carbocycles. The molecule has 2 N–H and O–H groups in total. The van der Waals surface area contributed by atoms with Crippen LogP contribution in [0.15, 0.2) is 12.1 Å². The van der Waals surface area contributed by atoms with E-state index in [1.807, 2.05) is 13.8 Å². The zero-order valence-electron chi connectivity index (χ0n) is 11.3. The van der Waals surface area contributed by atoms with Crippen molar-refractivity contribution in [2.75, 3.05) is 0 Å². The van der Waals surface area contributed by atoms with Crippen molar-refractivity contribution < 1.29 is 14.3 Å². The molecule has 1 amide bonds. The largest absolute Gasteiger partial charge is 0.489 e. The SMILES string of the molecule is Cc1cc(C=O)cc(C)c1OC(CC(N)=O)C1CC1. The van der Waals surface area contributed by atoms with E-state index in [1.165, 1.54) is 0 Å². The van der Waals surface area contributed by atoms with Crippen LogP contribution in [0, 0.1) is 19.8 Å². The average Bonchev–Trinajstić information content (AvgIpc) is 3.15. The van der Waals surface area contributed by atoms with Gasteiger partial charge in [-0.2, -0.15) is 0 Å². The van der Waals surface area contributed by atoms with Crippen molar-refractivity contribution in [3.05, 3.63) is 28.8 Å². The Labute approximate surface area is 112 Å². The zero-order chi connectivity index (χ0) is 14.0. The molecule has 1 aliphatic rings. The fourth-order valence-electron chi connectivity index (χ4n) is 2.36. The fraction of sp³-hybridized carbons (Fsp3) is 0.467. The van der Waals surface area contributed by atoms with Crippen LogP contribution >= 0.6 is 0 Å². The number of aryl methyl sites for hydroxylation is 2. The predicted molar refractivity (Wildman–Crippen MR) is 72.3 cm³/mol. The first-order valence-electron chi connectivity index (χ1n) is 6.52. The summed E-state index contributed by atoms with van der Waals surface area (Å²) in [6, 6.07) is 3.59. The Morgan fingerprint density at radius 3 is 2.42 bits per heavy atom. The Balaban J connectivity index is 2.21. The molecule has 1 unspecified atom stereocenters. The molecule has 1 aromatic carbocycles. The molecule has 0 radical (unpaired) electrons. The Kier molecular flexibility index (Phi) is 3.88. The summed E-state index contributed by atoms with van der Waals surface area (Å²) in [4.78, 5) is 21.9.